The molecule has 2 aromatic carbocycles. The van der Waals surface area contributed by atoms with E-state index in [9.17, 15) is 13.2 Å². The van der Waals surface area contributed by atoms with Crippen molar-refractivity contribution in [1.29, 1.82) is 5.26 Å². The molecule has 0 radical (unpaired) electrons. The van der Waals surface area contributed by atoms with Crippen LogP contribution < -0.4 is 10.0 Å². The number of nitrogens with one attached hydrogen (secondary N) is 2. The Kier molecular flexibility index (Phi) is 5.35. The summed E-state index contributed by atoms with van der Waals surface area (Å²) < 4.78 is 27.5. The normalized spacial score (nSPS) is 14.7. The summed E-state index contributed by atoms with van der Waals surface area (Å²) in [5.74, 6) is -0.402. The third-order valence-electron chi connectivity index (χ3n) is 4.40. The fourth-order valence-corrected chi connectivity index (χ4v) is 4.31. The molecule has 1 aliphatic rings. The average Bonchev–Trinajstić information content (AvgIpc) is 3.14. The predicted octanol–water partition coefficient (Wildman–Crippen LogP) is 3.03. The maximum Gasteiger partial charge on any atom is 0.255 e. The minimum absolute atomic E-state index is 0.00883. The number of sulfonamides is 1. The quantitative estimate of drug-likeness (QED) is 0.846. The van der Waals surface area contributed by atoms with E-state index in [0.717, 1.165) is 25.7 Å². The van der Waals surface area contributed by atoms with Gasteiger partial charge in [0.05, 0.1) is 16.1 Å². The van der Waals surface area contributed by atoms with Gasteiger partial charge >= 0.3 is 0 Å². The van der Waals surface area contributed by atoms with Crippen LogP contribution in [0, 0.1) is 11.3 Å². The Bertz CT molecular complexity index is 941. The van der Waals surface area contributed by atoms with Crippen molar-refractivity contribution in [2.24, 2.45) is 0 Å². The zero-order valence-electron chi connectivity index (χ0n) is 14.1. The summed E-state index contributed by atoms with van der Waals surface area (Å²) in [7, 11) is -3.58. The van der Waals surface area contributed by atoms with Crippen LogP contribution in [-0.2, 0) is 10.0 Å². The first-order chi connectivity index (χ1) is 12.5. The van der Waals surface area contributed by atoms with E-state index in [-0.39, 0.29) is 10.9 Å². The molecule has 6 nitrogen and oxygen atoms in total. The molecule has 2 aromatic rings. The molecule has 1 aliphatic carbocycles. The van der Waals surface area contributed by atoms with Crippen molar-refractivity contribution >= 4 is 21.6 Å². The van der Waals surface area contributed by atoms with Crippen molar-refractivity contribution in [3.05, 3.63) is 59.7 Å². The van der Waals surface area contributed by atoms with Crippen LogP contribution in [0.4, 0.5) is 5.69 Å². The summed E-state index contributed by atoms with van der Waals surface area (Å²) in [6.45, 7) is 0. The Morgan fingerprint density at radius 1 is 1.04 bits per heavy atom. The predicted molar refractivity (Wildman–Crippen MR) is 98.1 cm³/mol. The number of rotatable bonds is 5. The highest BCUT2D eigenvalue weighted by Crippen LogP contribution is 2.21. The number of para-hydroxylation sites is 1. The minimum Gasteiger partial charge on any atom is -0.321 e. The van der Waals surface area contributed by atoms with E-state index in [1.54, 1.807) is 24.3 Å². The number of carbonyl (C=O) groups is 1. The van der Waals surface area contributed by atoms with Crippen molar-refractivity contribution in [3.8, 4) is 6.07 Å². The van der Waals surface area contributed by atoms with Crippen LogP contribution in [0.3, 0.4) is 0 Å². The first kappa shape index (κ1) is 18.1. The molecular formula is C19H19N3O3S. The molecule has 0 heterocycles. The Labute approximate surface area is 152 Å². The Morgan fingerprint density at radius 3 is 2.35 bits per heavy atom. The molecule has 0 bridgehead atoms. The van der Waals surface area contributed by atoms with Crippen LogP contribution in [0.2, 0.25) is 0 Å². The number of benzene rings is 2. The van der Waals surface area contributed by atoms with E-state index in [0.29, 0.717) is 16.8 Å². The number of hydrogen-bond acceptors (Lipinski definition) is 4. The average molecular weight is 369 g/mol. The second-order valence-electron chi connectivity index (χ2n) is 6.24. The summed E-state index contributed by atoms with van der Waals surface area (Å²) in [4.78, 5) is 12.5. The highest BCUT2D eigenvalue weighted by molar-refractivity contribution is 7.89. The molecule has 3 rings (SSSR count). The lowest BCUT2D eigenvalue weighted by atomic mass is 10.1. The van der Waals surface area contributed by atoms with Gasteiger partial charge in [-0.1, -0.05) is 25.0 Å². The maximum absolute atomic E-state index is 12.4. The second kappa shape index (κ2) is 7.68. The van der Waals surface area contributed by atoms with Gasteiger partial charge in [0.1, 0.15) is 6.07 Å². The number of hydrogen-bond donors (Lipinski definition) is 2. The number of carbonyl (C=O) groups excluding carboxylic acids is 1. The first-order valence-electron chi connectivity index (χ1n) is 8.42. The van der Waals surface area contributed by atoms with Gasteiger partial charge in [-0.25, -0.2) is 13.1 Å². The smallest absolute Gasteiger partial charge is 0.255 e. The van der Waals surface area contributed by atoms with Gasteiger partial charge in [0.25, 0.3) is 5.91 Å². The zero-order valence-corrected chi connectivity index (χ0v) is 14.9. The van der Waals surface area contributed by atoms with Gasteiger partial charge < -0.3 is 5.32 Å². The largest absolute Gasteiger partial charge is 0.321 e. The number of nitriles is 1. The van der Waals surface area contributed by atoms with Crippen molar-refractivity contribution in [2.75, 3.05) is 5.32 Å². The molecule has 0 atom stereocenters. The van der Waals surface area contributed by atoms with E-state index in [4.69, 9.17) is 5.26 Å². The van der Waals surface area contributed by atoms with Gasteiger partial charge in [-0.05, 0) is 49.2 Å². The fourth-order valence-electron chi connectivity index (χ4n) is 3.00. The number of anilines is 1. The highest BCUT2D eigenvalue weighted by Gasteiger charge is 2.23. The van der Waals surface area contributed by atoms with Crippen LogP contribution in [0.15, 0.2) is 53.4 Å². The second-order valence-corrected chi connectivity index (χ2v) is 7.95. The van der Waals surface area contributed by atoms with Crippen LogP contribution in [0.5, 0.6) is 0 Å². The van der Waals surface area contributed by atoms with E-state index in [1.165, 1.54) is 24.3 Å². The summed E-state index contributed by atoms with van der Waals surface area (Å²) in [5.41, 5.74) is 1.10. The SMILES string of the molecule is N#Cc1ccccc1NC(=O)c1ccc(S(=O)(=O)NC2CCCC2)cc1. The summed E-state index contributed by atoms with van der Waals surface area (Å²) in [5, 5.41) is 11.7. The summed E-state index contributed by atoms with van der Waals surface area (Å²) >= 11 is 0. The van der Waals surface area contributed by atoms with Crippen molar-refractivity contribution < 1.29 is 13.2 Å². The van der Waals surface area contributed by atoms with Gasteiger partial charge in [0.15, 0.2) is 0 Å². The molecule has 1 fully saturated rings. The molecule has 7 heteroatoms. The van der Waals surface area contributed by atoms with Gasteiger partial charge in [0, 0.05) is 11.6 Å². The van der Waals surface area contributed by atoms with Crippen LogP contribution in [0.25, 0.3) is 0 Å². The Hall–Kier alpha value is -2.69. The molecule has 0 unspecified atom stereocenters. The van der Waals surface area contributed by atoms with E-state index in [2.05, 4.69) is 10.0 Å². The van der Waals surface area contributed by atoms with Crippen LogP contribution in [-0.4, -0.2) is 20.4 Å². The lowest BCUT2D eigenvalue weighted by Gasteiger charge is -2.13. The molecule has 134 valence electrons. The lowest BCUT2D eigenvalue weighted by Crippen LogP contribution is -2.32. The van der Waals surface area contributed by atoms with E-state index in [1.807, 2.05) is 6.07 Å². The molecule has 2 N–H and O–H groups in total. The minimum atomic E-state index is -3.58. The first-order valence-corrected chi connectivity index (χ1v) is 9.91. The zero-order chi connectivity index (χ0) is 18.6. The molecule has 0 saturated heterocycles. The third-order valence-corrected chi connectivity index (χ3v) is 5.94. The highest BCUT2D eigenvalue weighted by atomic mass is 32.2. The molecule has 1 amide bonds. The van der Waals surface area contributed by atoms with Crippen molar-refractivity contribution in [3.63, 3.8) is 0 Å². The summed E-state index contributed by atoms with van der Waals surface area (Å²) in [6, 6.07) is 14.5. The standard InChI is InChI=1S/C19H19N3O3S/c20-13-15-5-1-4-8-18(15)21-19(23)14-9-11-17(12-10-14)26(24,25)22-16-6-2-3-7-16/h1,4-5,8-12,16,22H,2-3,6-7H2,(H,21,23). The Balaban J connectivity index is 1.72. The summed E-state index contributed by atoms with van der Waals surface area (Å²) in [6.07, 6.45) is 3.79. The number of amides is 1. The monoisotopic (exact) mass is 369 g/mol. The molecule has 0 spiro atoms. The van der Waals surface area contributed by atoms with Gasteiger partial charge in [-0.15, -0.1) is 0 Å². The van der Waals surface area contributed by atoms with Gasteiger partial charge in [0.2, 0.25) is 10.0 Å². The van der Waals surface area contributed by atoms with E-state index >= 15 is 0 Å². The van der Waals surface area contributed by atoms with Gasteiger partial charge in [-0.3, -0.25) is 4.79 Å². The molecule has 1 saturated carbocycles. The van der Waals surface area contributed by atoms with E-state index < -0.39 is 15.9 Å². The van der Waals surface area contributed by atoms with Crippen LogP contribution in [0.1, 0.15) is 41.6 Å². The molecule has 0 aromatic heterocycles. The van der Waals surface area contributed by atoms with Crippen LogP contribution >= 0.6 is 0 Å². The van der Waals surface area contributed by atoms with Crippen molar-refractivity contribution in [1.82, 2.24) is 4.72 Å². The fraction of sp³-hybridized carbons (Fsp3) is 0.263. The van der Waals surface area contributed by atoms with Gasteiger partial charge in [-0.2, -0.15) is 5.26 Å². The molecule has 0 aliphatic heterocycles. The third kappa shape index (κ3) is 4.10. The molecule has 26 heavy (non-hydrogen) atoms. The Morgan fingerprint density at radius 2 is 1.69 bits per heavy atom. The lowest BCUT2D eigenvalue weighted by molar-refractivity contribution is 0.102. The topological polar surface area (TPSA) is 99.1 Å². The maximum atomic E-state index is 12.4. The molecular weight excluding hydrogens is 350 g/mol. The van der Waals surface area contributed by atoms with Crippen molar-refractivity contribution in [2.45, 2.75) is 36.6 Å². The number of nitrogens with zero attached hydrogens (tertiary/aromatic N) is 1.